The molecular weight excluding hydrogens is 308 g/mol. The number of ether oxygens (including phenoxy) is 2. The second kappa shape index (κ2) is 8.14. The van der Waals surface area contributed by atoms with E-state index in [-0.39, 0.29) is 5.91 Å². The fourth-order valence-corrected chi connectivity index (χ4v) is 1.95. The Bertz CT molecular complexity index is 687. The maximum absolute atomic E-state index is 12.3. The van der Waals surface area contributed by atoms with Gasteiger partial charge in [-0.1, -0.05) is 13.8 Å². The minimum Gasteiger partial charge on any atom is -0.493 e. The molecule has 0 radical (unpaired) electrons. The molecule has 7 nitrogen and oxygen atoms in total. The molecule has 1 amide bonds. The average Bonchev–Trinajstić information content (AvgIpc) is 2.60. The van der Waals surface area contributed by atoms with E-state index in [1.807, 2.05) is 0 Å². The molecule has 0 aliphatic rings. The van der Waals surface area contributed by atoms with E-state index in [1.54, 1.807) is 32.4 Å². The summed E-state index contributed by atoms with van der Waals surface area (Å²) in [6, 6.07) is 5.15. The van der Waals surface area contributed by atoms with Crippen molar-refractivity contribution in [1.29, 1.82) is 0 Å². The molecule has 1 aromatic carbocycles. The third kappa shape index (κ3) is 4.58. The van der Waals surface area contributed by atoms with Gasteiger partial charge in [-0.3, -0.25) is 4.79 Å². The number of nitrogens with zero attached hydrogens (tertiary/aromatic N) is 2. The third-order valence-electron chi connectivity index (χ3n) is 3.22. The van der Waals surface area contributed by atoms with Crippen molar-refractivity contribution in [2.24, 2.45) is 5.92 Å². The zero-order chi connectivity index (χ0) is 17.5. The van der Waals surface area contributed by atoms with Gasteiger partial charge in [-0.25, -0.2) is 9.97 Å². The first-order valence-corrected chi connectivity index (χ1v) is 7.62. The van der Waals surface area contributed by atoms with Crippen LogP contribution in [0, 0.1) is 5.92 Å². The summed E-state index contributed by atoms with van der Waals surface area (Å²) in [5, 5.41) is 5.88. The maximum Gasteiger partial charge on any atom is 0.258 e. The average molecular weight is 330 g/mol. The monoisotopic (exact) mass is 330 g/mol. The van der Waals surface area contributed by atoms with Crippen LogP contribution >= 0.6 is 0 Å². The van der Waals surface area contributed by atoms with E-state index in [0.29, 0.717) is 34.6 Å². The number of amides is 1. The van der Waals surface area contributed by atoms with Crippen LogP contribution in [0.15, 0.2) is 30.6 Å². The van der Waals surface area contributed by atoms with Gasteiger partial charge < -0.3 is 20.1 Å². The van der Waals surface area contributed by atoms with Gasteiger partial charge in [-0.05, 0) is 18.1 Å². The lowest BCUT2D eigenvalue weighted by molar-refractivity contribution is 0.102. The summed E-state index contributed by atoms with van der Waals surface area (Å²) in [5.41, 5.74) is 0.972. The van der Waals surface area contributed by atoms with Gasteiger partial charge >= 0.3 is 0 Å². The topological polar surface area (TPSA) is 85.4 Å². The van der Waals surface area contributed by atoms with Gasteiger partial charge in [0.1, 0.15) is 0 Å². The molecule has 2 rings (SSSR count). The van der Waals surface area contributed by atoms with E-state index in [2.05, 4.69) is 34.4 Å². The van der Waals surface area contributed by atoms with E-state index in [1.165, 1.54) is 12.4 Å². The van der Waals surface area contributed by atoms with Crippen molar-refractivity contribution in [2.75, 3.05) is 31.4 Å². The fraction of sp³-hybridized carbons (Fsp3) is 0.353. The molecule has 24 heavy (non-hydrogen) atoms. The van der Waals surface area contributed by atoms with Crippen LogP contribution in [0.1, 0.15) is 24.2 Å². The fourth-order valence-electron chi connectivity index (χ4n) is 1.95. The number of hydrogen-bond acceptors (Lipinski definition) is 6. The summed E-state index contributed by atoms with van der Waals surface area (Å²) in [7, 11) is 3.10. The van der Waals surface area contributed by atoms with Crippen LogP contribution < -0.4 is 20.1 Å². The Morgan fingerprint density at radius 1 is 1.12 bits per heavy atom. The van der Waals surface area contributed by atoms with E-state index in [4.69, 9.17) is 9.47 Å². The highest BCUT2D eigenvalue weighted by molar-refractivity contribution is 6.04. The second-order valence-electron chi connectivity index (χ2n) is 5.59. The molecule has 1 heterocycles. The highest BCUT2D eigenvalue weighted by Gasteiger charge is 2.10. The van der Waals surface area contributed by atoms with E-state index in [9.17, 15) is 4.79 Å². The van der Waals surface area contributed by atoms with Crippen molar-refractivity contribution < 1.29 is 14.3 Å². The number of carbonyl (C=O) groups is 1. The Morgan fingerprint density at radius 2 is 1.79 bits per heavy atom. The molecule has 0 spiro atoms. The summed E-state index contributed by atoms with van der Waals surface area (Å²) in [4.78, 5) is 20.6. The van der Waals surface area contributed by atoms with Gasteiger partial charge in [0.15, 0.2) is 11.5 Å². The van der Waals surface area contributed by atoms with Gasteiger partial charge in [-0.2, -0.15) is 0 Å². The van der Waals surface area contributed by atoms with Crippen molar-refractivity contribution in [3.8, 4) is 11.5 Å². The number of rotatable bonds is 7. The normalized spacial score (nSPS) is 10.4. The first-order valence-electron chi connectivity index (χ1n) is 7.62. The Morgan fingerprint density at radius 3 is 2.38 bits per heavy atom. The second-order valence-corrected chi connectivity index (χ2v) is 5.59. The Hall–Kier alpha value is -2.83. The summed E-state index contributed by atoms with van der Waals surface area (Å²) in [6.07, 6.45) is 2.98. The highest BCUT2D eigenvalue weighted by atomic mass is 16.5. The molecular formula is C17H22N4O3. The van der Waals surface area contributed by atoms with Crippen molar-refractivity contribution in [1.82, 2.24) is 9.97 Å². The molecule has 0 bridgehead atoms. The van der Waals surface area contributed by atoms with Crippen LogP contribution in [-0.2, 0) is 0 Å². The minimum absolute atomic E-state index is 0.294. The lowest BCUT2D eigenvalue weighted by Crippen LogP contribution is -2.14. The minimum atomic E-state index is -0.294. The smallest absolute Gasteiger partial charge is 0.258 e. The van der Waals surface area contributed by atoms with Gasteiger partial charge in [0.25, 0.3) is 5.91 Å². The molecule has 2 N–H and O–H groups in total. The van der Waals surface area contributed by atoms with E-state index < -0.39 is 0 Å². The number of benzene rings is 1. The predicted molar refractivity (Wildman–Crippen MR) is 92.9 cm³/mol. The van der Waals surface area contributed by atoms with Crippen LogP contribution in [0.2, 0.25) is 0 Å². The lowest BCUT2D eigenvalue weighted by atomic mass is 10.2. The first-order chi connectivity index (χ1) is 11.5. The molecule has 7 heteroatoms. The van der Waals surface area contributed by atoms with E-state index >= 15 is 0 Å². The molecule has 0 aliphatic carbocycles. The van der Waals surface area contributed by atoms with Crippen LogP contribution in [-0.4, -0.2) is 36.6 Å². The molecule has 0 saturated carbocycles. The molecule has 0 atom stereocenters. The van der Waals surface area contributed by atoms with Crippen molar-refractivity contribution in [3.05, 3.63) is 36.2 Å². The van der Waals surface area contributed by atoms with Gasteiger partial charge in [0, 0.05) is 30.7 Å². The highest BCUT2D eigenvalue weighted by Crippen LogP contribution is 2.29. The Balaban J connectivity index is 2.04. The summed E-state index contributed by atoms with van der Waals surface area (Å²) >= 11 is 0. The predicted octanol–water partition coefficient (Wildman–Crippen LogP) is 2.81. The number of anilines is 2. The largest absolute Gasteiger partial charge is 0.493 e. The number of aromatic nitrogens is 2. The van der Waals surface area contributed by atoms with Gasteiger partial charge in [0.2, 0.25) is 5.95 Å². The molecule has 2 aromatic rings. The quantitative estimate of drug-likeness (QED) is 0.812. The van der Waals surface area contributed by atoms with E-state index in [0.717, 1.165) is 6.54 Å². The van der Waals surface area contributed by atoms with Crippen molar-refractivity contribution in [3.63, 3.8) is 0 Å². The number of methoxy groups -OCH3 is 2. The molecule has 0 fully saturated rings. The zero-order valence-corrected chi connectivity index (χ0v) is 14.3. The van der Waals surface area contributed by atoms with Crippen LogP contribution in [0.3, 0.4) is 0 Å². The maximum atomic E-state index is 12.3. The number of carbonyl (C=O) groups excluding carboxylic acids is 1. The standard InChI is InChI=1S/C17H22N4O3/c1-11(2)8-18-17-19-9-12(10-20-17)16(22)21-13-5-6-14(23-3)15(7-13)24-4/h5-7,9-11H,8H2,1-4H3,(H,21,22)(H,18,19,20). The zero-order valence-electron chi connectivity index (χ0n) is 14.3. The third-order valence-corrected chi connectivity index (χ3v) is 3.22. The Labute approximate surface area is 141 Å². The van der Waals surface area contributed by atoms with Crippen molar-refractivity contribution >= 4 is 17.5 Å². The summed E-state index contributed by atoms with van der Waals surface area (Å²) < 4.78 is 10.4. The van der Waals surface area contributed by atoms with Crippen LogP contribution in [0.5, 0.6) is 11.5 Å². The van der Waals surface area contributed by atoms with Crippen LogP contribution in [0.4, 0.5) is 11.6 Å². The number of hydrogen-bond donors (Lipinski definition) is 2. The lowest BCUT2D eigenvalue weighted by Gasteiger charge is -2.11. The number of nitrogens with one attached hydrogen (secondary N) is 2. The summed E-state index contributed by atoms with van der Waals surface area (Å²) in [5.74, 6) is 1.84. The molecule has 0 aliphatic heterocycles. The Kier molecular flexibility index (Phi) is 5.95. The van der Waals surface area contributed by atoms with Gasteiger partial charge in [0.05, 0.1) is 19.8 Å². The molecule has 0 unspecified atom stereocenters. The molecule has 128 valence electrons. The molecule has 0 saturated heterocycles. The molecule has 1 aromatic heterocycles. The summed E-state index contributed by atoms with van der Waals surface area (Å²) in [6.45, 7) is 4.97. The first kappa shape index (κ1) is 17.5. The van der Waals surface area contributed by atoms with Crippen LogP contribution in [0.25, 0.3) is 0 Å². The SMILES string of the molecule is COc1ccc(NC(=O)c2cnc(NCC(C)C)nc2)cc1OC. The van der Waals surface area contributed by atoms with Gasteiger partial charge in [-0.15, -0.1) is 0 Å². The van der Waals surface area contributed by atoms with Crippen molar-refractivity contribution in [2.45, 2.75) is 13.8 Å².